The molecule has 12 heteroatoms. The largest absolute Gasteiger partial charge is 0.468 e. The topological polar surface area (TPSA) is 107 Å². The minimum atomic E-state index is -3.66. The lowest BCUT2D eigenvalue weighted by Gasteiger charge is -2.26. The van der Waals surface area contributed by atoms with Crippen molar-refractivity contribution in [2.45, 2.75) is 11.4 Å². The zero-order chi connectivity index (χ0) is 23.6. The summed E-state index contributed by atoms with van der Waals surface area (Å²) in [5, 5.41) is 0.518. The number of benzene rings is 2. The predicted molar refractivity (Wildman–Crippen MR) is 123 cm³/mol. The number of carbonyl (C=O) groups is 2. The number of nitrogens with zero attached hydrogens (tertiary/aromatic N) is 3. The number of thiazole rings is 1. The zero-order valence-electron chi connectivity index (χ0n) is 17.6. The Hall–Kier alpha value is -2.57. The molecule has 33 heavy (non-hydrogen) atoms. The van der Waals surface area contributed by atoms with E-state index in [0.29, 0.717) is 28.6 Å². The Morgan fingerprint density at radius 2 is 1.85 bits per heavy atom. The molecule has 1 amide bonds. The molecule has 0 aliphatic carbocycles. The molecule has 1 aliphatic heterocycles. The minimum Gasteiger partial charge on any atom is -0.468 e. The van der Waals surface area contributed by atoms with Gasteiger partial charge in [-0.1, -0.05) is 22.9 Å². The van der Waals surface area contributed by atoms with Crippen LogP contribution < -0.4 is 4.80 Å². The molecular weight excluding hydrogens is 490 g/mol. The number of hydrogen-bond donors (Lipinski definition) is 0. The summed E-state index contributed by atoms with van der Waals surface area (Å²) in [6.07, 6.45) is 0. The fraction of sp³-hybridized carbons (Fsp3) is 0.286. The first kappa shape index (κ1) is 23.6. The van der Waals surface area contributed by atoms with Crippen LogP contribution in [-0.4, -0.2) is 62.6 Å². The van der Waals surface area contributed by atoms with Crippen LogP contribution in [0, 0.1) is 0 Å². The van der Waals surface area contributed by atoms with Gasteiger partial charge < -0.3 is 14.0 Å². The lowest BCUT2D eigenvalue weighted by Crippen LogP contribution is -2.40. The Kier molecular flexibility index (Phi) is 6.96. The van der Waals surface area contributed by atoms with E-state index in [-0.39, 0.29) is 30.1 Å². The van der Waals surface area contributed by atoms with Crippen molar-refractivity contribution in [2.75, 3.05) is 33.4 Å². The summed E-state index contributed by atoms with van der Waals surface area (Å²) in [4.78, 5) is 29.3. The normalized spacial score (nSPS) is 15.6. The van der Waals surface area contributed by atoms with Gasteiger partial charge in [0.05, 0.1) is 35.4 Å². The van der Waals surface area contributed by atoms with E-state index in [1.807, 2.05) is 0 Å². The van der Waals surface area contributed by atoms with Crippen LogP contribution in [-0.2, 0) is 30.8 Å². The molecule has 0 saturated carbocycles. The van der Waals surface area contributed by atoms with Gasteiger partial charge in [0, 0.05) is 23.7 Å². The van der Waals surface area contributed by atoms with E-state index in [0.717, 1.165) is 4.70 Å². The highest BCUT2D eigenvalue weighted by molar-refractivity contribution is 7.89. The first-order chi connectivity index (χ1) is 15.8. The Bertz CT molecular complexity index is 1370. The summed E-state index contributed by atoms with van der Waals surface area (Å²) in [6, 6.07) is 10.8. The third kappa shape index (κ3) is 5.02. The molecule has 9 nitrogen and oxygen atoms in total. The van der Waals surface area contributed by atoms with Gasteiger partial charge in [-0.05, 0) is 42.5 Å². The minimum absolute atomic E-state index is 0.0956. The summed E-state index contributed by atoms with van der Waals surface area (Å²) in [5.41, 5.74) is 0.907. The molecular formula is C21H20ClN3O6S2. The average Bonchev–Trinajstić information content (AvgIpc) is 3.15. The Balaban J connectivity index is 1.66. The maximum atomic E-state index is 12.8. The number of methoxy groups -OCH3 is 1. The summed E-state index contributed by atoms with van der Waals surface area (Å²) < 4.78 is 39.2. The lowest BCUT2D eigenvalue weighted by molar-refractivity contribution is -0.141. The quantitative estimate of drug-likeness (QED) is 0.488. The summed E-state index contributed by atoms with van der Waals surface area (Å²) in [5.74, 6) is -1.06. The van der Waals surface area contributed by atoms with Crippen LogP contribution in [0.3, 0.4) is 0 Å². The van der Waals surface area contributed by atoms with Crippen molar-refractivity contribution in [1.29, 1.82) is 0 Å². The van der Waals surface area contributed by atoms with Gasteiger partial charge in [0.1, 0.15) is 6.54 Å². The van der Waals surface area contributed by atoms with Crippen LogP contribution in [0.1, 0.15) is 10.4 Å². The van der Waals surface area contributed by atoms with Crippen molar-refractivity contribution in [3.8, 4) is 0 Å². The molecule has 0 radical (unpaired) electrons. The number of carbonyl (C=O) groups excluding carboxylic acids is 2. The van der Waals surface area contributed by atoms with Gasteiger partial charge in [0.2, 0.25) is 10.0 Å². The van der Waals surface area contributed by atoms with E-state index in [4.69, 9.17) is 21.1 Å². The number of fused-ring (bicyclic) bond motifs is 1. The van der Waals surface area contributed by atoms with Gasteiger partial charge in [-0.2, -0.15) is 9.30 Å². The number of sulfonamides is 1. The van der Waals surface area contributed by atoms with E-state index < -0.39 is 21.9 Å². The molecule has 0 N–H and O–H groups in total. The molecule has 1 saturated heterocycles. The fourth-order valence-corrected chi connectivity index (χ4v) is 6.05. The molecule has 174 valence electrons. The second-order valence-corrected chi connectivity index (χ2v) is 10.5. The maximum absolute atomic E-state index is 12.8. The molecule has 2 heterocycles. The van der Waals surface area contributed by atoms with Gasteiger partial charge in [-0.15, -0.1) is 0 Å². The van der Waals surface area contributed by atoms with Gasteiger partial charge in [0.25, 0.3) is 5.91 Å². The van der Waals surface area contributed by atoms with E-state index in [9.17, 15) is 18.0 Å². The average molecular weight is 510 g/mol. The fourth-order valence-electron chi connectivity index (χ4n) is 3.34. The molecule has 1 fully saturated rings. The van der Waals surface area contributed by atoms with Crippen LogP contribution in [0.25, 0.3) is 10.2 Å². The number of ether oxygens (including phenoxy) is 2. The van der Waals surface area contributed by atoms with Crippen molar-refractivity contribution in [2.24, 2.45) is 4.99 Å². The monoisotopic (exact) mass is 509 g/mol. The lowest BCUT2D eigenvalue weighted by atomic mass is 10.2. The Morgan fingerprint density at radius 3 is 2.52 bits per heavy atom. The highest BCUT2D eigenvalue weighted by Crippen LogP contribution is 2.22. The van der Waals surface area contributed by atoms with Gasteiger partial charge in [0.15, 0.2) is 4.80 Å². The van der Waals surface area contributed by atoms with Crippen molar-refractivity contribution >= 4 is 55.1 Å². The van der Waals surface area contributed by atoms with E-state index in [1.165, 1.54) is 47.0 Å². The molecule has 0 bridgehead atoms. The highest BCUT2D eigenvalue weighted by atomic mass is 35.5. The van der Waals surface area contributed by atoms with Crippen molar-refractivity contribution in [3.05, 3.63) is 57.9 Å². The Morgan fingerprint density at radius 1 is 1.15 bits per heavy atom. The molecule has 0 atom stereocenters. The number of halogens is 1. The van der Waals surface area contributed by atoms with Crippen LogP contribution in [0.2, 0.25) is 5.02 Å². The van der Waals surface area contributed by atoms with E-state index in [2.05, 4.69) is 4.99 Å². The summed E-state index contributed by atoms with van der Waals surface area (Å²) >= 11 is 7.28. The van der Waals surface area contributed by atoms with Gasteiger partial charge >= 0.3 is 5.97 Å². The zero-order valence-corrected chi connectivity index (χ0v) is 20.0. The smallest absolute Gasteiger partial charge is 0.325 e. The molecule has 1 aliphatic rings. The number of esters is 1. The molecule has 3 aromatic rings. The summed E-state index contributed by atoms with van der Waals surface area (Å²) in [7, 11) is -2.38. The molecule has 0 unspecified atom stereocenters. The highest BCUT2D eigenvalue weighted by Gasteiger charge is 2.26. The SMILES string of the molecule is COC(=O)Cn1c(=NC(=O)c2ccc(S(=O)(=O)N3CCOCC3)cc2)sc2cc(Cl)ccc21. The summed E-state index contributed by atoms with van der Waals surface area (Å²) in [6.45, 7) is 1.14. The number of aromatic nitrogens is 1. The first-order valence-electron chi connectivity index (χ1n) is 9.92. The standard InChI is InChI=1S/C21H20ClN3O6S2/c1-30-19(26)13-25-17-7-4-15(22)12-18(17)32-21(25)23-20(27)14-2-5-16(6-3-14)33(28,29)24-8-10-31-11-9-24/h2-7,12H,8-11,13H2,1H3. The number of hydrogen-bond acceptors (Lipinski definition) is 7. The predicted octanol–water partition coefficient (Wildman–Crippen LogP) is 2.29. The van der Waals surface area contributed by atoms with Gasteiger partial charge in [-0.3, -0.25) is 9.59 Å². The first-order valence-corrected chi connectivity index (χ1v) is 12.6. The maximum Gasteiger partial charge on any atom is 0.325 e. The van der Waals surface area contributed by atoms with Crippen LogP contribution in [0.5, 0.6) is 0 Å². The van der Waals surface area contributed by atoms with Crippen molar-refractivity contribution in [3.63, 3.8) is 0 Å². The Labute approximate surface area is 198 Å². The van der Waals surface area contributed by atoms with Crippen LogP contribution >= 0.6 is 22.9 Å². The molecule has 1 aromatic heterocycles. The molecule has 4 rings (SSSR count). The van der Waals surface area contributed by atoms with Gasteiger partial charge in [-0.25, -0.2) is 8.42 Å². The van der Waals surface area contributed by atoms with E-state index >= 15 is 0 Å². The third-order valence-electron chi connectivity index (χ3n) is 5.07. The van der Waals surface area contributed by atoms with Crippen LogP contribution in [0.4, 0.5) is 0 Å². The second-order valence-electron chi connectivity index (χ2n) is 7.12. The second kappa shape index (κ2) is 9.74. The van der Waals surface area contributed by atoms with E-state index in [1.54, 1.807) is 22.8 Å². The van der Waals surface area contributed by atoms with Crippen molar-refractivity contribution in [1.82, 2.24) is 8.87 Å². The third-order valence-corrected chi connectivity index (χ3v) is 8.26. The van der Waals surface area contributed by atoms with Crippen molar-refractivity contribution < 1.29 is 27.5 Å². The molecule has 0 spiro atoms. The number of amides is 1. The van der Waals surface area contributed by atoms with Crippen LogP contribution in [0.15, 0.2) is 52.4 Å². The number of morpholine rings is 1. The number of rotatable bonds is 5. The molecule has 2 aromatic carbocycles.